The molecule has 1 aromatic carbocycles. The van der Waals surface area contributed by atoms with E-state index in [0.717, 1.165) is 22.6 Å². The Balaban J connectivity index is 2.30. The van der Waals surface area contributed by atoms with Gasteiger partial charge in [-0.1, -0.05) is 12.1 Å². The van der Waals surface area contributed by atoms with Gasteiger partial charge >= 0.3 is 5.97 Å². The van der Waals surface area contributed by atoms with Gasteiger partial charge in [0.1, 0.15) is 11.6 Å². The number of hydrogen-bond acceptors (Lipinski definition) is 3. The fourth-order valence-electron chi connectivity index (χ4n) is 2.31. The Morgan fingerprint density at radius 2 is 1.77 bits per heavy atom. The summed E-state index contributed by atoms with van der Waals surface area (Å²) in [6.07, 6.45) is 1.54. The average molecular weight is 294 g/mol. The molecule has 0 fully saturated rings. The fourth-order valence-corrected chi connectivity index (χ4v) is 2.31. The largest absolute Gasteiger partial charge is 0.462 e. The van der Waals surface area contributed by atoms with E-state index in [2.05, 4.69) is 30.5 Å². The Bertz CT molecular complexity index is 727. The monoisotopic (exact) mass is 294 g/mol. The van der Waals surface area contributed by atoms with E-state index in [-0.39, 0.29) is 12.2 Å². The molecule has 0 N–H and O–H groups in total. The number of nitrogens with zero attached hydrogens (tertiary/aromatic N) is 2. The van der Waals surface area contributed by atoms with Crippen LogP contribution < -0.4 is 0 Å². The molecular weight excluding hydrogens is 276 g/mol. The summed E-state index contributed by atoms with van der Waals surface area (Å²) in [6, 6.07) is 13.7. The lowest BCUT2D eigenvalue weighted by molar-refractivity contribution is -0.137. The van der Waals surface area contributed by atoms with Gasteiger partial charge in [-0.3, -0.25) is 0 Å². The first-order valence-corrected chi connectivity index (χ1v) is 7.11. The minimum absolute atomic E-state index is 0.00271. The van der Waals surface area contributed by atoms with E-state index in [4.69, 9.17) is 10.00 Å². The highest BCUT2D eigenvalue weighted by Gasteiger charge is 2.10. The number of esters is 1. The maximum atomic E-state index is 11.6. The van der Waals surface area contributed by atoms with Crippen LogP contribution in [0.15, 0.2) is 42.0 Å². The highest BCUT2D eigenvalue weighted by atomic mass is 16.5. The van der Waals surface area contributed by atoms with Crippen LogP contribution in [0.25, 0.3) is 11.8 Å². The lowest BCUT2D eigenvalue weighted by Gasteiger charge is -2.09. The van der Waals surface area contributed by atoms with Crippen LogP contribution >= 0.6 is 0 Å². The van der Waals surface area contributed by atoms with Crippen molar-refractivity contribution in [2.24, 2.45) is 0 Å². The zero-order valence-corrected chi connectivity index (χ0v) is 13.0. The van der Waals surface area contributed by atoms with Crippen LogP contribution in [0.3, 0.4) is 0 Å². The smallest absolute Gasteiger partial charge is 0.348 e. The third-order valence-electron chi connectivity index (χ3n) is 3.35. The standard InChI is InChI=1S/C18H18N2O2/c1-4-22-18(21)16(12-19)11-15-7-9-17(10-8-15)20-13(2)5-6-14(20)3/h5-11H,4H2,1-3H3. The highest BCUT2D eigenvalue weighted by Crippen LogP contribution is 2.18. The van der Waals surface area contributed by atoms with Gasteiger partial charge in [0.15, 0.2) is 0 Å². The summed E-state index contributed by atoms with van der Waals surface area (Å²) in [5.74, 6) is -0.592. The van der Waals surface area contributed by atoms with Crippen molar-refractivity contribution in [1.82, 2.24) is 4.57 Å². The minimum Gasteiger partial charge on any atom is -0.462 e. The Kier molecular flexibility index (Phi) is 4.80. The first kappa shape index (κ1) is 15.6. The van der Waals surface area contributed by atoms with Crippen LogP contribution in [-0.2, 0) is 9.53 Å². The quantitative estimate of drug-likeness (QED) is 0.492. The van der Waals surface area contributed by atoms with Gasteiger partial charge in [-0.15, -0.1) is 0 Å². The number of ether oxygens (including phenoxy) is 1. The minimum atomic E-state index is -0.592. The summed E-state index contributed by atoms with van der Waals surface area (Å²) in [5, 5.41) is 9.04. The predicted octanol–water partition coefficient (Wildman–Crippen LogP) is 3.56. The van der Waals surface area contributed by atoms with Gasteiger partial charge in [0, 0.05) is 17.1 Å². The van der Waals surface area contributed by atoms with E-state index in [1.165, 1.54) is 6.08 Å². The lowest BCUT2D eigenvalue weighted by atomic mass is 10.1. The number of rotatable bonds is 4. The molecule has 22 heavy (non-hydrogen) atoms. The summed E-state index contributed by atoms with van der Waals surface area (Å²) in [5.41, 5.74) is 4.15. The molecule has 2 rings (SSSR count). The van der Waals surface area contributed by atoms with E-state index in [0.29, 0.717) is 0 Å². The van der Waals surface area contributed by atoms with Gasteiger partial charge in [-0.2, -0.15) is 5.26 Å². The van der Waals surface area contributed by atoms with Crippen LogP contribution in [0, 0.1) is 25.2 Å². The molecule has 0 saturated heterocycles. The number of hydrogen-bond donors (Lipinski definition) is 0. The van der Waals surface area contributed by atoms with Crippen LogP contribution in [-0.4, -0.2) is 17.1 Å². The molecule has 4 nitrogen and oxygen atoms in total. The molecule has 112 valence electrons. The number of aromatic nitrogens is 1. The predicted molar refractivity (Wildman–Crippen MR) is 85.5 cm³/mol. The van der Waals surface area contributed by atoms with Gasteiger partial charge in [0.2, 0.25) is 0 Å². The summed E-state index contributed by atoms with van der Waals surface area (Å²) in [4.78, 5) is 11.6. The van der Waals surface area contributed by atoms with Crippen LogP contribution in [0.2, 0.25) is 0 Å². The summed E-state index contributed by atoms with van der Waals surface area (Å²) < 4.78 is 6.99. The number of benzene rings is 1. The van der Waals surface area contributed by atoms with Crippen molar-refractivity contribution in [1.29, 1.82) is 5.26 Å². The SMILES string of the molecule is CCOC(=O)C(C#N)=Cc1ccc(-n2c(C)ccc2C)cc1. The second-order valence-electron chi connectivity index (χ2n) is 4.93. The van der Waals surface area contributed by atoms with E-state index >= 15 is 0 Å². The molecule has 4 heteroatoms. The number of carbonyl (C=O) groups excluding carboxylic acids is 1. The molecule has 0 atom stereocenters. The Hall–Kier alpha value is -2.80. The molecule has 0 saturated carbocycles. The number of nitriles is 1. The van der Waals surface area contributed by atoms with Crippen molar-refractivity contribution >= 4 is 12.0 Å². The van der Waals surface area contributed by atoms with Crippen molar-refractivity contribution in [3.05, 3.63) is 58.9 Å². The Morgan fingerprint density at radius 3 is 2.27 bits per heavy atom. The zero-order chi connectivity index (χ0) is 16.1. The molecule has 2 aromatic rings. The van der Waals surface area contributed by atoms with Crippen LogP contribution in [0.1, 0.15) is 23.9 Å². The summed E-state index contributed by atoms with van der Waals surface area (Å²) >= 11 is 0. The molecule has 0 aliphatic carbocycles. The second-order valence-corrected chi connectivity index (χ2v) is 4.93. The van der Waals surface area contributed by atoms with Crippen molar-refractivity contribution in [2.45, 2.75) is 20.8 Å². The van der Waals surface area contributed by atoms with Gasteiger partial charge < -0.3 is 9.30 Å². The first-order chi connectivity index (χ1) is 10.6. The van der Waals surface area contributed by atoms with Crippen molar-refractivity contribution in [3.8, 4) is 11.8 Å². The highest BCUT2D eigenvalue weighted by molar-refractivity contribution is 5.97. The van der Waals surface area contributed by atoms with Gasteiger partial charge in [-0.25, -0.2) is 4.79 Å². The third-order valence-corrected chi connectivity index (χ3v) is 3.35. The van der Waals surface area contributed by atoms with Gasteiger partial charge in [0.05, 0.1) is 6.61 Å². The summed E-state index contributed by atoms with van der Waals surface area (Å²) in [7, 11) is 0. The molecule has 0 spiro atoms. The zero-order valence-electron chi connectivity index (χ0n) is 13.0. The van der Waals surface area contributed by atoms with Crippen LogP contribution in [0.5, 0.6) is 0 Å². The van der Waals surface area contributed by atoms with Crippen LogP contribution in [0.4, 0.5) is 0 Å². The van der Waals surface area contributed by atoms with E-state index < -0.39 is 5.97 Å². The molecule has 0 unspecified atom stereocenters. The molecule has 0 amide bonds. The van der Waals surface area contributed by atoms with E-state index in [1.807, 2.05) is 30.3 Å². The van der Waals surface area contributed by atoms with Crippen molar-refractivity contribution < 1.29 is 9.53 Å². The fraction of sp³-hybridized carbons (Fsp3) is 0.222. The Morgan fingerprint density at radius 1 is 1.18 bits per heavy atom. The molecular formula is C18H18N2O2. The molecule has 1 aromatic heterocycles. The first-order valence-electron chi connectivity index (χ1n) is 7.11. The Labute approximate surface area is 130 Å². The van der Waals surface area contributed by atoms with Crippen molar-refractivity contribution in [2.75, 3.05) is 6.61 Å². The third kappa shape index (κ3) is 3.26. The molecule has 1 heterocycles. The average Bonchev–Trinajstić information content (AvgIpc) is 2.85. The maximum absolute atomic E-state index is 11.6. The molecule has 0 radical (unpaired) electrons. The maximum Gasteiger partial charge on any atom is 0.348 e. The second kappa shape index (κ2) is 6.77. The normalized spacial score (nSPS) is 11.1. The number of carbonyl (C=O) groups is 1. The molecule has 0 aliphatic rings. The summed E-state index contributed by atoms with van der Waals surface area (Å²) in [6.45, 7) is 6.07. The van der Waals surface area contributed by atoms with Gasteiger partial charge in [-0.05, 0) is 56.7 Å². The van der Waals surface area contributed by atoms with Gasteiger partial charge in [0.25, 0.3) is 0 Å². The lowest BCUT2D eigenvalue weighted by Crippen LogP contribution is -2.06. The van der Waals surface area contributed by atoms with E-state index in [1.54, 1.807) is 6.92 Å². The molecule has 0 bridgehead atoms. The number of aryl methyl sites for hydroxylation is 2. The topological polar surface area (TPSA) is 55.0 Å². The molecule has 0 aliphatic heterocycles. The van der Waals surface area contributed by atoms with Crippen molar-refractivity contribution in [3.63, 3.8) is 0 Å². The van der Waals surface area contributed by atoms with E-state index in [9.17, 15) is 4.79 Å².